The third-order valence-corrected chi connectivity index (χ3v) is 8.81. The lowest BCUT2D eigenvalue weighted by atomic mass is 9.72. The van der Waals surface area contributed by atoms with Gasteiger partial charge in [0.05, 0.1) is 16.6 Å². The number of carbonyl (C=O) groups is 3. The molecule has 7 nitrogen and oxygen atoms in total. The van der Waals surface area contributed by atoms with Crippen LogP contribution in [0.3, 0.4) is 0 Å². The van der Waals surface area contributed by atoms with Gasteiger partial charge in [0.15, 0.2) is 0 Å². The molecule has 1 aromatic carbocycles. The maximum atomic E-state index is 13.7. The van der Waals surface area contributed by atoms with Gasteiger partial charge in [-0.05, 0) is 56.1 Å². The molecule has 2 N–H and O–H groups in total. The molecule has 2 heterocycles. The van der Waals surface area contributed by atoms with Crippen molar-refractivity contribution in [2.24, 2.45) is 11.3 Å². The fraction of sp³-hybridized carbons (Fsp3) is 0.571. The van der Waals surface area contributed by atoms with Crippen molar-refractivity contribution in [3.05, 3.63) is 35.0 Å². The SMILES string of the molecule is N#C[C@H](C[C@@H]1CCCCC1=O)NC(=O)[C@@H]1CC2(CCCCC2)CN1C(=O)c1cc2cccc(Cl)c2[nH]1. The average Bonchev–Trinajstić information content (AvgIpc) is 3.48. The number of amides is 2. The summed E-state index contributed by atoms with van der Waals surface area (Å²) in [6, 6.07) is 8.11. The third kappa shape index (κ3) is 4.88. The van der Waals surface area contributed by atoms with Gasteiger partial charge in [-0.15, -0.1) is 0 Å². The molecule has 3 aliphatic rings. The van der Waals surface area contributed by atoms with E-state index in [2.05, 4.69) is 16.4 Å². The largest absolute Gasteiger partial charge is 0.349 e. The summed E-state index contributed by atoms with van der Waals surface area (Å²) in [5.74, 6) is -0.506. The highest BCUT2D eigenvalue weighted by Gasteiger charge is 2.49. The highest BCUT2D eigenvalue weighted by atomic mass is 35.5. The highest BCUT2D eigenvalue weighted by molar-refractivity contribution is 6.35. The first-order valence-corrected chi connectivity index (χ1v) is 13.6. The second-order valence-electron chi connectivity index (χ2n) is 10.9. The number of fused-ring (bicyclic) bond motifs is 1. The molecule has 1 aliphatic heterocycles. The van der Waals surface area contributed by atoms with Crippen LogP contribution < -0.4 is 5.32 Å². The molecule has 8 heteroatoms. The summed E-state index contributed by atoms with van der Waals surface area (Å²) in [5.41, 5.74) is 1.05. The van der Waals surface area contributed by atoms with Crippen LogP contribution in [0.25, 0.3) is 10.9 Å². The van der Waals surface area contributed by atoms with Crippen molar-refractivity contribution in [1.82, 2.24) is 15.2 Å². The topological polar surface area (TPSA) is 106 Å². The fourth-order valence-corrected chi connectivity index (χ4v) is 6.79. The van der Waals surface area contributed by atoms with Crippen LogP contribution in [0.2, 0.25) is 5.02 Å². The van der Waals surface area contributed by atoms with Crippen molar-refractivity contribution in [2.75, 3.05) is 6.54 Å². The van der Waals surface area contributed by atoms with Gasteiger partial charge < -0.3 is 15.2 Å². The van der Waals surface area contributed by atoms with E-state index in [1.165, 1.54) is 6.42 Å². The Morgan fingerprint density at radius 1 is 1.22 bits per heavy atom. The Balaban J connectivity index is 1.37. The van der Waals surface area contributed by atoms with E-state index in [0.29, 0.717) is 42.0 Å². The van der Waals surface area contributed by atoms with E-state index in [1.54, 1.807) is 17.0 Å². The number of nitrogens with one attached hydrogen (secondary N) is 2. The van der Waals surface area contributed by atoms with Crippen LogP contribution in [0, 0.1) is 22.7 Å². The predicted molar refractivity (Wildman–Crippen MR) is 137 cm³/mol. The van der Waals surface area contributed by atoms with Gasteiger partial charge in [-0.25, -0.2) is 0 Å². The number of aromatic amines is 1. The lowest BCUT2D eigenvalue weighted by Gasteiger charge is -2.32. The number of nitrogens with zero attached hydrogens (tertiary/aromatic N) is 2. The normalized spacial score (nSPS) is 24.6. The molecule has 1 saturated heterocycles. The molecular weight excluding hydrogens is 476 g/mol. The third-order valence-electron chi connectivity index (χ3n) is 8.50. The van der Waals surface area contributed by atoms with Crippen molar-refractivity contribution in [2.45, 2.75) is 82.7 Å². The minimum absolute atomic E-state index is 0.0684. The van der Waals surface area contributed by atoms with Gasteiger partial charge in [0.2, 0.25) is 5.91 Å². The Hall–Kier alpha value is -2.85. The van der Waals surface area contributed by atoms with Crippen LogP contribution in [0.15, 0.2) is 24.3 Å². The first-order valence-electron chi connectivity index (χ1n) is 13.2. The molecule has 5 rings (SSSR count). The van der Waals surface area contributed by atoms with Crippen molar-refractivity contribution in [1.29, 1.82) is 5.26 Å². The maximum absolute atomic E-state index is 13.7. The van der Waals surface area contributed by atoms with E-state index in [1.807, 2.05) is 12.1 Å². The molecule has 2 amide bonds. The minimum Gasteiger partial charge on any atom is -0.349 e. The quantitative estimate of drug-likeness (QED) is 0.582. The average molecular weight is 509 g/mol. The Labute approximate surface area is 216 Å². The van der Waals surface area contributed by atoms with E-state index in [0.717, 1.165) is 50.3 Å². The number of hydrogen-bond donors (Lipinski definition) is 2. The van der Waals surface area contributed by atoms with Crippen LogP contribution in [-0.2, 0) is 9.59 Å². The van der Waals surface area contributed by atoms with Gasteiger partial charge in [0.1, 0.15) is 23.6 Å². The molecule has 3 atom stereocenters. The molecule has 190 valence electrons. The van der Waals surface area contributed by atoms with Crippen LogP contribution in [0.5, 0.6) is 0 Å². The first-order chi connectivity index (χ1) is 17.4. The zero-order valence-corrected chi connectivity index (χ0v) is 21.3. The molecule has 2 aliphatic carbocycles. The number of benzene rings is 1. The van der Waals surface area contributed by atoms with Gasteiger partial charge in [-0.2, -0.15) is 5.26 Å². The van der Waals surface area contributed by atoms with E-state index < -0.39 is 12.1 Å². The predicted octanol–water partition coefficient (Wildman–Crippen LogP) is 5.14. The van der Waals surface area contributed by atoms with Gasteiger partial charge in [-0.1, -0.05) is 49.4 Å². The molecule has 3 fully saturated rings. The summed E-state index contributed by atoms with van der Waals surface area (Å²) in [7, 11) is 0. The Bertz CT molecular complexity index is 1210. The van der Waals surface area contributed by atoms with Crippen LogP contribution in [0.1, 0.15) is 81.1 Å². The summed E-state index contributed by atoms with van der Waals surface area (Å²) in [5, 5.41) is 14.0. The summed E-state index contributed by atoms with van der Waals surface area (Å²) in [4.78, 5) is 44.5. The summed E-state index contributed by atoms with van der Waals surface area (Å²) in [6.45, 7) is 0.533. The van der Waals surface area contributed by atoms with Crippen molar-refractivity contribution in [3.8, 4) is 6.07 Å². The molecule has 1 spiro atoms. The molecule has 2 aromatic rings. The van der Waals surface area contributed by atoms with Crippen molar-refractivity contribution in [3.63, 3.8) is 0 Å². The van der Waals surface area contributed by atoms with Crippen LogP contribution in [-0.4, -0.2) is 46.1 Å². The van der Waals surface area contributed by atoms with E-state index in [4.69, 9.17) is 11.6 Å². The number of rotatable bonds is 5. The van der Waals surface area contributed by atoms with E-state index in [-0.39, 0.29) is 28.9 Å². The smallest absolute Gasteiger partial charge is 0.271 e. The van der Waals surface area contributed by atoms with Gasteiger partial charge in [0.25, 0.3) is 5.91 Å². The summed E-state index contributed by atoms with van der Waals surface area (Å²) < 4.78 is 0. The molecule has 36 heavy (non-hydrogen) atoms. The number of Topliss-reactive ketones (excluding diaryl/α,β-unsaturated/α-hetero) is 1. The summed E-state index contributed by atoms with van der Waals surface area (Å²) >= 11 is 6.32. The number of para-hydroxylation sites is 1. The molecule has 1 aromatic heterocycles. The monoisotopic (exact) mass is 508 g/mol. The molecule has 2 saturated carbocycles. The number of likely N-dealkylation sites (tertiary alicyclic amines) is 1. The standard InChI is InChI=1S/C28H33ClN4O3/c29-21-9-6-8-19-14-22(32-25(19)21)27(36)33-17-28(11-4-1-5-12-28)15-23(33)26(35)31-20(16-30)13-18-7-2-3-10-24(18)34/h6,8-9,14,18,20,23,32H,1-5,7,10-13,15,17H2,(H,31,35)/t18-,20-,23-/m0/s1. The second-order valence-corrected chi connectivity index (χ2v) is 11.3. The Kier molecular flexibility index (Phi) is 7.07. The van der Waals surface area contributed by atoms with Crippen LogP contribution >= 0.6 is 11.6 Å². The molecular formula is C28H33ClN4O3. The minimum atomic E-state index is -0.740. The summed E-state index contributed by atoms with van der Waals surface area (Å²) in [6.07, 6.45) is 9.52. The van der Waals surface area contributed by atoms with Gasteiger partial charge >= 0.3 is 0 Å². The first kappa shape index (κ1) is 24.8. The number of halogens is 1. The second kappa shape index (κ2) is 10.3. The van der Waals surface area contributed by atoms with E-state index in [9.17, 15) is 19.6 Å². The Morgan fingerprint density at radius 3 is 2.75 bits per heavy atom. The number of nitriles is 1. The number of H-pyrrole nitrogens is 1. The molecule has 0 radical (unpaired) electrons. The fourth-order valence-electron chi connectivity index (χ4n) is 6.56. The number of aromatic nitrogens is 1. The maximum Gasteiger partial charge on any atom is 0.271 e. The number of hydrogen-bond acceptors (Lipinski definition) is 4. The van der Waals surface area contributed by atoms with Crippen molar-refractivity contribution < 1.29 is 14.4 Å². The zero-order valence-electron chi connectivity index (χ0n) is 20.5. The Morgan fingerprint density at radius 2 is 2.03 bits per heavy atom. The highest BCUT2D eigenvalue weighted by Crippen LogP contribution is 2.47. The zero-order chi connectivity index (χ0) is 25.3. The van der Waals surface area contributed by atoms with Gasteiger partial charge in [-0.3, -0.25) is 14.4 Å². The van der Waals surface area contributed by atoms with Crippen LogP contribution in [0.4, 0.5) is 0 Å². The lowest BCUT2D eigenvalue weighted by Crippen LogP contribution is -2.49. The molecule has 0 unspecified atom stereocenters. The van der Waals surface area contributed by atoms with Crippen molar-refractivity contribution >= 4 is 40.1 Å². The number of carbonyl (C=O) groups excluding carboxylic acids is 3. The lowest BCUT2D eigenvalue weighted by molar-refractivity contribution is -0.127. The van der Waals surface area contributed by atoms with E-state index >= 15 is 0 Å². The number of ketones is 1. The molecule has 0 bridgehead atoms. The van der Waals surface area contributed by atoms with Gasteiger partial charge in [0, 0.05) is 24.3 Å².